The van der Waals surface area contributed by atoms with E-state index in [2.05, 4.69) is 15.5 Å². The Labute approximate surface area is 200 Å². The molecule has 3 heterocycles. The minimum atomic E-state index is -0.0531. The number of carbonyl (C=O) groups excluding carboxylic acids is 1. The lowest BCUT2D eigenvalue weighted by Gasteiger charge is -2.09. The van der Waals surface area contributed by atoms with Gasteiger partial charge in [0.25, 0.3) is 5.56 Å². The zero-order valence-electron chi connectivity index (χ0n) is 18.4. The van der Waals surface area contributed by atoms with E-state index in [9.17, 15) is 9.59 Å². The molecule has 8 nitrogen and oxygen atoms in total. The lowest BCUT2D eigenvalue weighted by Crippen LogP contribution is -2.25. The van der Waals surface area contributed by atoms with Gasteiger partial charge in [-0.05, 0) is 48.4 Å². The van der Waals surface area contributed by atoms with Gasteiger partial charge in [-0.2, -0.15) is 0 Å². The maximum Gasteiger partial charge on any atom is 0.272 e. The number of nitrogens with one attached hydrogen (secondary N) is 1. The molecule has 0 unspecified atom stereocenters. The van der Waals surface area contributed by atoms with Crippen LogP contribution in [0.4, 0.5) is 0 Å². The van der Waals surface area contributed by atoms with Crippen LogP contribution in [0.15, 0.2) is 40.5 Å². The smallest absolute Gasteiger partial charge is 0.272 e. The predicted octanol–water partition coefficient (Wildman–Crippen LogP) is 3.48. The Bertz CT molecular complexity index is 1300. The summed E-state index contributed by atoms with van der Waals surface area (Å²) < 4.78 is 9.42. The summed E-state index contributed by atoms with van der Waals surface area (Å²) in [6.07, 6.45) is 3.10. The second kappa shape index (κ2) is 10.9. The number of aryl methyl sites for hydroxylation is 2. The summed E-state index contributed by atoms with van der Waals surface area (Å²) in [6.45, 7) is 1.66. The van der Waals surface area contributed by atoms with E-state index in [4.69, 9.17) is 16.3 Å². The van der Waals surface area contributed by atoms with Crippen molar-refractivity contribution in [1.29, 1.82) is 0 Å². The Balaban J connectivity index is 1.39. The van der Waals surface area contributed by atoms with Crippen molar-refractivity contribution in [1.82, 2.24) is 24.5 Å². The predicted molar refractivity (Wildman–Crippen MR) is 130 cm³/mol. The first-order valence-electron chi connectivity index (χ1n) is 10.9. The summed E-state index contributed by atoms with van der Waals surface area (Å²) in [6, 6.07) is 9.55. The van der Waals surface area contributed by atoms with Gasteiger partial charge in [0, 0.05) is 44.7 Å². The Morgan fingerprint density at radius 1 is 1.15 bits per heavy atom. The molecule has 0 aliphatic rings. The van der Waals surface area contributed by atoms with Gasteiger partial charge in [-0.3, -0.25) is 18.6 Å². The lowest BCUT2D eigenvalue weighted by molar-refractivity contribution is -0.121. The van der Waals surface area contributed by atoms with E-state index in [1.54, 1.807) is 11.7 Å². The second-order valence-electron chi connectivity index (χ2n) is 7.77. The summed E-state index contributed by atoms with van der Waals surface area (Å²) in [5.41, 5.74) is 1.89. The lowest BCUT2D eigenvalue weighted by atomic mass is 10.1. The summed E-state index contributed by atoms with van der Waals surface area (Å²) in [4.78, 5) is 25.2. The van der Waals surface area contributed by atoms with Crippen LogP contribution in [0.1, 0.15) is 30.7 Å². The molecule has 1 amide bonds. The quantitative estimate of drug-likeness (QED) is 0.327. The number of rotatable bonds is 11. The average Bonchev–Trinajstić information content (AvgIpc) is 3.45. The largest absolute Gasteiger partial charge is 0.385 e. The number of halogens is 1. The van der Waals surface area contributed by atoms with Crippen molar-refractivity contribution in [3.8, 4) is 0 Å². The molecule has 0 spiro atoms. The zero-order chi connectivity index (χ0) is 23.2. The molecule has 0 fully saturated rings. The van der Waals surface area contributed by atoms with Crippen LogP contribution in [-0.2, 0) is 28.9 Å². The van der Waals surface area contributed by atoms with Crippen molar-refractivity contribution in [3.63, 3.8) is 0 Å². The number of hydrogen-bond donors (Lipinski definition) is 1. The molecule has 10 heteroatoms. The van der Waals surface area contributed by atoms with Crippen LogP contribution in [0.2, 0.25) is 5.02 Å². The zero-order valence-corrected chi connectivity index (χ0v) is 20.0. The van der Waals surface area contributed by atoms with Gasteiger partial charge in [0.15, 0.2) is 0 Å². The fraction of sp³-hybridized carbons (Fsp3) is 0.391. The number of ether oxygens (including phenoxy) is 1. The van der Waals surface area contributed by atoms with Crippen molar-refractivity contribution in [3.05, 3.63) is 62.5 Å². The molecule has 0 radical (unpaired) electrons. The topological polar surface area (TPSA) is 90.5 Å². The highest BCUT2D eigenvalue weighted by Gasteiger charge is 2.17. The molecule has 33 heavy (non-hydrogen) atoms. The SMILES string of the molecule is COCCCn1c(=O)c2sccc2n2c(CCCC(=O)NCCc3ccc(Cl)cc3)nnc12. The molecule has 1 aromatic carbocycles. The van der Waals surface area contributed by atoms with E-state index in [1.807, 2.05) is 40.1 Å². The summed E-state index contributed by atoms with van der Waals surface area (Å²) >= 11 is 7.32. The van der Waals surface area contributed by atoms with Crippen molar-refractivity contribution >= 4 is 44.8 Å². The third-order valence-corrected chi connectivity index (χ3v) is 6.61. The van der Waals surface area contributed by atoms with Crippen molar-refractivity contribution in [2.24, 2.45) is 0 Å². The highest BCUT2D eigenvalue weighted by molar-refractivity contribution is 7.17. The molecule has 0 aliphatic heterocycles. The molecule has 0 atom stereocenters. The summed E-state index contributed by atoms with van der Waals surface area (Å²) in [5, 5.41) is 14.2. The van der Waals surface area contributed by atoms with Gasteiger partial charge < -0.3 is 10.1 Å². The molecule has 4 rings (SSSR count). The Kier molecular flexibility index (Phi) is 7.74. The van der Waals surface area contributed by atoms with Gasteiger partial charge in [0.1, 0.15) is 10.5 Å². The number of aromatic nitrogens is 4. The maximum atomic E-state index is 12.9. The number of amides is 1. The highest BCUT2D eigenvalue weighted by Crippen LogP contribution is 2.20. The number of hydrogen-bond acceptors (Lipinski definition) is 6. The van der Waals surface area contributed by atoms with Crippen molar-refractivity contribution in [2.45, 2.75) is 38.6 Å². The van der Waals surface area contributed by atoms with Gasteiger partial charge in [0.05, 0.1) is 5.52 Å². The van der Waals surface area contributed by atoms with Gasteiger partial charge in [-0.1, -0.05) is 23.7 Å². The van der Waals surface area contributed by atoms with Crippen LogP contribution in [0, 0.1) is 0 Å². The number of thiophene rings is 1. The number of fused-ring (bicyclic) bond motifs is 3. The van der Waals surface area contributed by atoms with E-state index in [0.717, 1.165) is 23.3 Å². The molecule has 0 saturated carbocycles. The highest BCUT2D eigenvalue weighted by atomic mass is 35.5. The van der Waals surface area contributed by atoms with E-state index >= 15 is 0 Å². The van der Waals surface area contributed by atoms with Gasteiger partial charge in [-0.25, -0.2) is 0 Å². The number of nitrogens with zero attached hydrogens (tertiary/aromatic N) is 4. The van der Waals surface area contributed by atoms with Crippen LogP contribution in [0.25, 0.3) is 16.0 Å². The number of carbonyl (C=O) groups is 1. The Morgan fingerprint density at radius 2 is 1.97 bits per heavy atom. The molecule has 0 aliphatic carbocycles. The molecule has 174 valence electrons. The third-order valence-electron chi connectivity index (χ3n) is 5.46. The molecule has 0 bridgehead atoms. The summed E-state index contributed by atoms with van der Waals surface area (Å²) in [5.74, 6) is 1.29. The minimum absolute atomic E-state index is 0.00920. The van der Waals surface area contributed by atoms with E-state index < -0.39 is 0 Å². The first-order chi connectivity index (χ1) is 16.1. The maximum absolute atomic E-state index is 12.9. The normalized spacial score (nSPS) is 11.5. The van der Waals surface area contributed by atoms with Crippen LogP contribution in [0.3, 0.4) is 0 Å². The van der Waals surface area contributed by atoms with Crippen LogP contribution in [0.5, 0.6) is 0 Å². The van der Waals surface area contributed by atoms with Crippen LogP contribution >= 0.6 is 22.9 Å². The van der Waals surface area contributed by atoms with E-state index in [0.29, 0.717) is 60.9 Å². The Morgan fingerprint density at radius 3 is 2.76 bits per heavy atom. The molecular weight excluding hydrogens is 462 g/mol. The first kappa shape index (κ1) is 23.4. The third kappa shape index (κ3) is 5.43. The monoisotopic (exact) mass is 487 g/mol. The number of methoxy groups -OCH3 is 1. The van der Waals surface area contributed by atoms with E-state index in [1.165, 1.54) is 11.3 Å². The molecule has 0 saturated heterocycles. The second-order valence-corrected chi connectivity index (χ2v) is 9.12. The number of benzene rings is 1. The Hall–Kier alpha value is -2.75. The molecule has 3 aromatic heterocycles. The van der Waals surface area contributed by atoms with Gasteiger partial charge in [0.2, 0.25) is 11.7 Å². The van der Waals surface area contributed by atoms with Gasteiger partial charge >= 0.3 is 0 Å². The van der Waals surface area contributed by atoms with Crippen molar-refractivity contribution < 1.29 is 9.53 Å². The standard InChI is InChI=1S/C23H26ClN5O3S/c1-32-14-3-13-28-22(31)21-18(11-15-33-21)29-19(26-27-23(28)29)4-2-5-20(30)25-12-10-16-6-8-17(24)9-7-16/h6-9,11,15H,2-5,10,12-14H2,1H3,(H,25,30). The summed E-state index contributed by atoms with van der Waals surface area (Å²) in [7, 11) is 1.64. The average molecular weight is 488 g/mol. The van der Waals surface area contributed by atoms with Crippen LogP contribution in [-0.4, -0.2) is 45.3 Å². The fourth-order valence-electron chi connectivity index (χ4n) is 3.80. The minimum Gasteiger partial charge on any atom is -0.385 e. The van der Waals surface area contributed by atoms with Gasteiger partial charge in [-0.15, -0.1) is 21.5 Å². The molecule has 4 aromatic rings. The molecule has 1 N–H and O–H groups in total. The first-order valence-corrected chi connectivity index (χ1v) is 12.2. The van der Waals surface area contributed by atoms with Crippen molar-refractivity contribution in [2.75, 3.05) is 20.3 Å². The van der Waals surface area contributed by atoms with E-state index in [-0.39, 0.29) is 11.5 Å². The fourth-order valence-corrected chi connectivity index (χ4v) is 4.75. The van der Waals surface area contributed by atoms with Crippen LogP contribution < -0.4 is 10.9 Å². The molecular formula is C23H26ClN5O3S.